The number of nitrogens with one attached hydrogen (secondary N) is 3. The predicted octanol–water partition coefficient (Wildman–Crippen LogP) is 4.12. The second-order valence-electron chi connectivity index (χ2n) is 8.94. The van der Waals surface area contributed by atoms with E-state index in [-0.39, 0.29) is 18.3 Å². The van der Waals surface area contributed by atoms with E-state index < -0.39 is 12.0 Å². The van der Waals surface area contributed by atoms with Crippen molar-refractivity contribution in [1.82, 2.24) is 15.6 Å². The molecule has 1 aliphatic rings. The fourth-order valence-electron chi connectivity index (χ4n) is 4.48. The maximum atomic E-state index is 12.9. The van der Waals surface area contributed by atoms with Crippen molar-refractivity contribution in [2.45, 2.75) is 26.3 Å². The summed E-state index contributed by atoms with van der Waals surface area (Å²) in [4.78, 5) is 33.6. The highest BCUT2D eigenvalue weighted by Crippen LogP contribution is 2.39. The van der Waals surface area contributed by atoms with Gasteiger partial charge in [0.15, 0.2) is 5.17 Å². The Hall–Kier alpha value is -4.12. The summed E-state index contributed by atoms with van der Waals surface area (Å²) in [5.74, 6) is 1.51. The van der Waals surface area contributed by atoms with Crippen molar-refractivity contribution in [3.63, 3.8) is 0 Å². The summed E-state index contributed by atoms with van der Waals surface area (Å²) in [7, 11) is 4.76. The van der Waals surface area contributed by atoms with Crippen LogP contribution in [0.5, 0.6) is 17.2 Å². The number of thioether (sulfide) groups is 1. The van der Waals surface area contributed by atoms with Gasteiger partial charge in [-0.1, -0.05) is 11.8 Å². The normalized spacial score (nSPS) is 14.8. The van der Waals surface area contributed by atoms with Crippen LogP contribution in [0.3, 0.4) is 0 Å². The average Bonchev–Trinajstić information content (AvgIpc) is 3.37. The van der Waals surface area contributed by atoms with Crippen LogP contribution in [-0.2, 0) is 20.7 Å². The Morgan fingerprint density at radius 1 is 1.05 bits per heavy atom. The van der Waals surface area contributed by atoms with Crippen LogP contribution >= 0.6 is 11.8 Å². The van der Waals surface area contributed by atoms with Crippen molar-refractivity contribution in [1.29, 1.82) is 0 Å². The highest BCUT2D eigenvalue weighted by Gasteiger charge is 2.32. The number of carbonyl (C=O) groups is 2. The van der Waals surface area contributed by atoms with Crippen LogP contribution in [0.25, 0.3) is 10.9 Å². The first-order valence-corrected chi connectivity index (χ1v) is 13.8. The topological polar surface area (TPSA) is 123 Å². The number of amidine groups is 1. The molecule has 212 valence electrons. The van der Waals surface area contributed by atoms with Crippen molar-refractivity contribution in [2.24, 2.45) is 4.99 Å². The summed E-state index contributed by atoms with van der Waals surface area (Å²) in [5, 5.41) is 7.73. The molecule has 4 rings (SSSR count). The number of nitrogens with zero attached hydrogens (tertiary/aromatic N) is 1. The van der Waals surface area contributed by atoms with Crippen LogP contribution in [-0.4, -0.2) is 62.3 Å². The Kier molecular flexibility index (Phi) is 9.60. The number of aromatic nitrogens is 1. The van der Waals surface area contributed by atoms with Gasteiger partial charge in [-0.15, -0.1) is 0 Å². The number of hydrogen-bond donors (Lipinski definition) is 3. The number of benzene rings is 2. The van der Waals surface area contributed by atoms with Crippen LogP contribution in [0.1, 0.15) is 31.0 Å². The third-order valence-corrected chi connectivity index (χ3v) is 7.37. The summed E-state index contributed by atoms with van der Waals surface area (Å²) in [6.45, 7) is 4.27. The lowest BCUT2D eigenvalue weighted by Crippen LogP contribution is -2.33. The van der Waals surface area contributed by atoms with Gasteiger partial charge in [-0.2, -0.15) is 0 Å². The molecule has 1 aromatic heterocycles. The molecule has 1 aliphatic heterocycles. The third kappa shape index (κ3) is 6.53. The van der Waals surface area contributed by atoms with Crippen LogP contribution < -0.4 is 24.8 Å². The Balaban J connectivity index is 1.43. The van der Waals surface area contributed by atoms with Crippen LogP contribution in [0.4, 0.5) is 0 Å². The second-order valence-corrected chi connectivity index (χ2v) is 9.91. The van der Waals surface area contributed by atoms with Gasteiger partial charge in [0.1, 0.15) is 23.3 Å². The molecule has 1 atom stereocenters. The molecule has 40 heavy (non-hydrogen) atoms. The number of aromatic amines is 1. The molecule has 2 heterocycles. The lowest BCUT2D eigenvalue weighted by molar-refractivity contribution is -0.139. The first kappa shape index (κ1) is 28.9. The van der Waals surface area contributed by atoms with Gasteiger partial charge in [-0.25, -0.2) is 9.79 Å². The minimum atomic E-state index is -0.675. The van der Waals surface area contributed by atoms with Gasteiger partial charge in [0.2, 0.25) is 5.91 Å². The smallest absolute Gasteiger partial charge is 0.338 e. The van der Waals surface area contributed by atoms with E-state index in [1.54, 1.807) is 47.3 Å². The minimum absolute atomic E-state index is 0.122. The van der Waals surface area contributed by atoms with Gasteiger partial charge >= 0.3 is 5.97 Å². The van der Waals surface area contributed by atoms with Crippen molar-refractivity contribution < 1.29 is 28.5 Å². The molecule has 3 N–H and O–H groups in total. The van der Waals surface area contributed by atoms with Crippen molar-refractivity contribution in [3.05, 3.63) is 65.0 Å². The lowest BCUT2D eigenvalue weighted by atomic mass is 9.95. The zero-order valence-electron chi connectivity index (χ0n) is 23.3. The molecular formula is C29H34N4O6S. The average molecular weight is 567 g/mol. The molecule has 0 fully saturated rings. The third-order valence-electron chi connectivity index (χ3n) is 6.48. The number of methoxy groups -OCH3 is 3. The molecule has 0 spiro atoms. The number of amides is 1. The van der Waals surface area contributed by atoms with Crippen LogP contribution in [0.2, 0.25) is 0 Å². The minimum Gasteiger partial charge on any atom is -0.497 e. The molecule has 0 radical (unpaired) electrons. The first-order chi connectivity index (χ1) is 19.4. The Morgan fingerprint density at radius 2 is 1.80 bits per heavy atom. The van der Waals surface area contributed by atoms with E-state index in [0.29, 0.717) is 46.5 Å². The lowest BCUT2D eigenvalue weighted by Gasteiger charge is -2.26. The Labute approximate surface area is 237 Å². The number of aliphatic imine (C=N–C) groups is 1. The van der Waals surface area contributed by atoms with Gasteiger partial charge in [0.25, 0.3) is 0 Å². The monoisotopic (exact) mass is 566 g/mol. The fraction of sp³-hybridized carbons (Fsp3) is 0.345. The number of H-pyrrole nitrogens is 1. The molecule has 1 unspecified atom stereocenters. The van der Waals surface area contributed by atoms with Gasteiger partial charge in [0.05, 0.1) is 39.3 Å². The fourth-order valence-corrected chi connectivity index (χ4v) is 5.25. The summed E-state index contributed by atoms with van der Waals surface area (Å²) in [5.41, 5.74) is 3.80. The first-order valence-electron chi connectivity index (χ1n) is 12.9. The quantitative estimate of drug-likeness (QED) is 0.296. The predicted molar refractivity (Wildman–Crippen MR) is 156 cm³/mol. The number of fused-ring (bicyclic) bond motifs is 1. The maximum absolute atomic E-state index is 12.9. The Bertz CT molecular complexity index is 1450. The molecule has 1 amide bonds. The van der Waals surface area contributed by atoms with E-state index in [1.165, 1.54) is 11.8 Å². The van der Waals surface area contributed by atoms with E-state index in [0.717, 1.165) is 22.2 Å². The molecule has 0 saturated carbocycles. The zero-order valence-corrected chi connectivity index (χ0v) is 24.1. The molecule has 10 nitrogen and oxygen atoms in total. The molecule has 0 bridgehead atoms. The second kappa shape index (κ2) is 13.3. The molecule has 3 aromatic rings. The summed E-state index contributed by atoms with van der Waals surface area (Å²) in [6, 6.07) is 10.5. The standard InChI is InChI=1S/C29H34N4O6S/c1-6-39-28(35)26-17(2)32-29(33-27(26)21-9-7-20(37-4)14-24(21)38-5)40-16-25(34)30-12-11-18-15-31-23-10-8-19(36-3)13-22(18)23/h7-10,13-15,27,31H,6,11-12,16H2,1-5H3,(H,30,34)(H,32,33). The van der Waals surface area contributed by atoms with Gasteiger partial charge in [-0.3, -0.25) is 4.79 Å². The van der Waals surface area contributed by atoms with Crippen molar-refractivity contribution in [3.8, 4) is 17.2 Å². The molecule has 2 aromatic carbocycles. The van der Waals surface area contributed by atoms with E-state index in [1.807, 2.05) is 30.5 Å². The number of allylic oxidation sites excluding steroid dienone is 1. The molecule has 0 saturated heterocycles. The number of hydrogen-bond acceptors (Lipinski definition) is 9. The van der Waals surface area contributed by atoms with Gasteiger partial charge in [-0.05, 0) is 56.2 Å². The number of ether oxygens (including phenoxy) is 4. The Morgan fingerprint density at radius 3 is 2.52 bits per heavy atom. The van der Waals surface area contributed by atoms with Crippen LogP contribution in [0, 0.1) is 0 Å². The summed E-state index contributed by atoms with van der Waals surface area (Å²) < 4.78 is 21.6. The number of carbonyl (C=O) groups excluding carboxylic acids is 2. The number of esters is 1. The zero-order chi connectivity index (χ0) is 28.6. The van der Waals surface area contributed by atoms with E-state index in [4.69, 9.17) is 23.9 Å². The summed E-state index contributed by atoms with van der Waals surface area (Å²) >= 11 is 1.26. The number of rotatable bonds is 11. The highest BCUT2D eigenvalue weighted by atomic mass is 32.2. The highest BCUT2D eigenvalue weighted by molar-refractivity contribution is 8.14. The SMILES string of the molecule is CCOC(=O)C1=C(C)NC(SCC(=O)NCCc2c[nH]c3ccc(OC)cc23)=NC1c1ccc(OC)cc1OC. The summed E-state index contributed by atoms with van der Waals surface area (Å²) in [6.07, 6.45) is 2.63. The maximum Gasteiger partial charge on any atom is 0.338 e. The van der Waals surface area contributed by atoms with Gasteiger partial charge in [0, 0.05) is 41.0 Å². The van der Waals surface area contributed by atoms with Gasteiger partial charge < -0.3 is 34.6 Å². The largest absolute Gasteiger partial charge is 0.497 e. The van der Waals surface area contributed by atoms with Crippen molar-refractivity contribution >= 4 is 39.7 Å². The van der Waals surface area contributed by atoms with E-state index in [9.17, 15) is 9.59 Å². The van der Waals surface area contributed by atoms with E-state index in [2.05, 4.69) is 15.6 Å². The van der Waals surface area contributed by atoms with Crippen LogP contribution in [0.15, 0.2) is 58.9 Å². The molecule has 11 heteroatoms. The molecular weight excluding hydrogens is 532 g/mol. The van der Waals surface area contributed by atoms with Crippen molar-refractivity contribution in [2.75, 3.05) is 40.2 Å². The van der Waals surface area contributed by atoms with E-state index >= 15 is 0 Å². The molecule has 0 aliphatic carbocycles.